The molecule has 0 spiro atoms. The summed E-state index contributed by atoms with van der Waals surface area (Å²) in [7, 11) is 4.70. The molecule has 0 saturated heterocycles. The van der Waals surface area contributed by atoms with E-state index in [2.05, 4.69) is 9.97 Å². The lowest BCUT2D eigenvalue weighted by atomic mass is 10.1. The van der Waals surface area contributed by atoms with Gasteiger partial charge in [-0.3, -0.25) is 0 Å². The smallest absolute Gasteiger partial charge is 0.221 e. The second-order valence-corrected chi connectivity index (χ2v) is 5.99. The Morgan fingerprint density at radius 2 is 1.52 bits per heavy atom. The molecule has 0 fully saturated rings. The summed E-state index contributed by atoms with van der Waals surface area (Å²) >= 11 is 0. The minimum absolute atomic E-state index is 0.140. The van der Waals surface area contributed by atoms with Crippen LogP contribution in [0, 0.1) is 0 Å². The van der Waals surface area contributed by atoms with Gasteiger partial charge in [-0.15, -0.1) is 0 Å². The maximum atomic E-state index is 8.54. The third kappa shape index (κ3) is 5.98. The number of nitrogens with zero attached hydrogens (tertiary/aromatic N) is 2. The van der Waals surface area contributed by atoms with Crippen LogP contribution < -0.4 is 25.7 Å². The first kappa shape index (κ1) is 21.8. The maximum Gasteiger partial charge on any atom is 0.221 e. The van der Waals surface area contributed by atoms with Crippen LogP contribution in [0.1, 0.15) is 16.7 Å². The molecule has 3 aromatic rings. The molecule has 154 valence electrons. The topological polar surface area (TPSA) is 126 Å². The molecule has 0 aliphatic rings. The average molecular weight is 398 g/mol. The Labute approximate surface area is 170 Å². The van der Waals surface area contributed by atoms with Gasteiger partial charge in [-0.1, -0.05) is 30.3 Å². The summed E-state index contributed by atoms with van der Waals surface area (Å²) in [4.78, 5) is 7.90. The number of rotatable bonds is 6. The Hall–Kier alpha value is -3.52. The number of ether oxygens (including phenoxy) is 3. The second-order valence-electron chi connectivity index (χ2n) is 5.99. The lowest BCUT2D eigenvalue weighted by Gasteiger charge is -2.14. The zero-order valence-electron chi connectivity index (χ0n) is 16.8. The highest BCUT2D eigenvalue weighted by Crippen LogP contribution is 2.38. The monoisotopic (exact) mass is 398 g/mol. The van der Waals surface area contributed by atoms with Gasteiger partial charge < -0.3 is 30.8 Å². The van der Waals surface area contributed by atoms with Crippen molar-refractivity contribution >= 4 is 11.8 Å². The molecule has 1 heterocycles. The number of methoxy groups -OCH3 is 3. The standard InChI is InChI=1S/C14H18N4O3.C7H8O/c1-19-10-5-8(6-11(20-2)12(10)21-3)4-9-7-17-14(16)18-13(9)15;8-6-7-4-2-1-3-5-7/h5-7H,4H2,1-3H3,(H4,15,16,17,18);1-5,8H,6H2. The van der Waals surface area contributed by atoms with Gasteiger partial charge in [0.1, 0.15) is 5.82 Å². The van der Waals surface area contributed by atoms with Crippen LogP contribution >= 0.6 is 0 Å². The number of aliphatic hydroxyl groups is 1. The molecule has 3 rings (SSSR count). The van der Waals surface area contributed by atoms with E-state index in [4.69, 9.17) is 30.8 Å². The molecule has 8 nitrogen and oxygen atoms in total. The summed E-state index contributed by atoms with van der Waals surface area (Å²) < 4.78 is 15.9. The van der Waals surface area contributed by atoms with Gasteiger partial charge in [0.05, 0.1) is 27.9 Å². The van der Waals surface area contributed by atoms with E-state index in [0.717, 1.165) is 16.7 Å². The predicted molar refractivity (Wildman–Crippen MR) is 112 cm³/mol. The molecule has 0 saturated carbocycles. The maximum absolute atomic E-state index is 8.54. The number of aliphatic hydroxyl groups excluding tert-OH is 1. The van der Waals surface area contributed by atoms with Crippen molar-refractivity contribution in [1.82, 2.24) is 9.97 Å². The van der Waals surface area contributed by atoms with E-state index in [1.165, 1.54) is 0 Å². The molecule has 0 bridgehead atoms. The van der Waals surface area contributed by atoms with Crippen molar-refractivity contribution in [3.05, 3.63) is 65.4 Å². The Bertz CT molecular complexity index is 895. The Balaban J connectivity index is 0.000000313. The first-order valence-corrected chi connectivity index (χ1v) is 8.82. The Morgan fingerprint density at radius 3 is 1.97 bits per heavy atom. The van der Waals surface area contributed by atoms with Gasteiger partial charge in [0.2, 0.25) is 11.7 Å². The fourth-order valence-electron chi connectivity index (χ4n) is 2.61. The molecule has 8 heteroatoms. The second kappa shape index (κ2) is 10.7. The zero-order valence-corrected chi connectivity index (χ0v) is 16.8. The fourth-order valence-corrected chi connectivity index (χ4v) is 2.61. The summed E-state index contributed by atoms with van der Waals surface area (Å²) in [5.41, 5.74) is 14.0. The van der Waals surface area contributed by atoms with Gasteiger partial charge in [-0.2, -0.15) is 4.98 Å². The van der Waals surface area contributed by atoms with Crippen LogP contribution in [0.2, 0.25) is 0 Å². The molecule has 1 aromatic heterocycles. The molecule has 5 N–H and O–H groups in total. The lowest BCUT2D eigenvalue weighted by Crippen LogP contribution is -2.04. The third-order valence-electron chi connectivity index (χ3n) is 4.06. The highest BCUT2D eigenvalue weighted by atomic mass is 16.5. The third-order valence-corrected chi connectivity index (χ3v) is 4.06. The van der Waals surface area contributed by atoms with Crippen LogP contribution in [-0.2, 0) is 13.0 Å². The number of hydrogen-bond donors (Lipinski definition) is 3. The van der Waals surface area contributed by atoms with Gasteiger partial charge in [-0.25, -0.2) is 4.98 Å². The molecule has 0 aliphatic carbocycles. The van der Waals surface area contributed by atoms with Crippen LogP contribution in [0.25, 0.3) is 0 Å². The molecular weight excluding hydrogens is 372 g/mol. The number of anilines is 2. The van der Waals surface area contributed by atoms with Crippen LogP contribution in [0.3, 0.4) is 0 Å². The molecular formula is C21H26N4O4. The molecule has 29 heavy (non-hydrogen) atoms. The van der Waals surface area contributed by atoms with E-state index in [1.807, 2.05) is 42.5 Å². The first-order valence-electron chi connectivity index (χ1n) is 8.82. The Morgan fingerprint density at radius 1 is 0.897 bits per heavy atom. The van der Waals surface area contributed by atoms with Gasteiger partial charge in [0, 0.05) is 18.2 Å². The summed E-state index contributed by atoms with van der Waals surface area (Å²) in [6.07, 6.45) is 2.14. The van der Waals surface area contributed by atoms with Gasteiger partial charge >= 0.3 is 0 Å². The molecule has 2 aromatic carbocycles. The number of nitrogens with two attached hydrogens (primary N) is 2. The van der Waals surface area contributed by atoms with Crippen molar-refractivity contribution < 1.29 is 19.3 Å². The number of hydrogen-bond acceptors (Lipinski definition) is 8. The summed E-state index contributed by atoms with van der Waals surface area (Å²) in [6.45, 7) is 0.140. The number of nitrogen functional groups attached to an aromatic ring is 2. The van der Waals surface area contributed by atoms with Crippen molar-refractivity contribution in [3.63, 3.8) is 0 Å². The van der Waals surface area contributed by atoms with Crippen molar-refractivity contribution in [2.75, 3.05) is 32.8 Å². The van der Waals surface area contributed by atoms with Crippen molar-refractivity contribution in [2.45, 2.75) is 13.0 Å². The van der Waals surface area contributed by atoms with Gasteiger partial charge in [-0.05, 0) is 23.3 Å². The van der Waals surface area contributed by atoms with Crippen molar-refractivity contribution in [3.8, 4) is 17.2 Å². The fraction of sp³-hybridized carbons (Fsp3) is 0.238. The SMILES string of the molecule is COc1cc(Cc2cnc(N)nc2N)cc(OC)c1OC.OCc1ccccc1. The summed E-state index contributed by atoms with van der Waals surface area (Å²) in [5.74, 6) is 2.23. The van der Waals surface area contributed by atoms with Gasteiger partial charge in [0.25, 0.3) is 0 Å². The number of benzene rings is 2. The summed E-state index contributed by atoms with van der Waals surface area (Å²) in [5, 5.41) is 8.54. The van der Waals surface area contributed by atoms with Crippen LogP contribution in [0.5, 0.6) is 17.2 Å². The number of aromatic nitrogens is 2. The summed E-state index contributed by atoms with van der Waals surface area (Å²) in [6, 6.07) is 13.2. The first-order chi connectivity index (χ1) is 14.0. The predicted octanol–water partition coefficient (Wildman–Crippen LogP) is 2.44. The molecule has 0 amide bonds. The van der Waals surface area contributed by atoms with E-state index in [1.54, 1.807) is 27.5 Å². The largest absolute Gasteiger partial charge is 0.493 e. The Kier molecular flexibility index (Phi) is 8.05. The minimum atomic E-state index is 0.140. The van der Waals surface area contributed by atoms with E-state index in [0.29, 0.717) is 29.5 Å². The highest BCUT2D eigenvalue weighted by molar-refractivity contribution is 5.55. The highest BCUT2D eigenvalue weighted by Gasteiger charge is 2.14. The van der Waals surface area contributed by atoms with Crippen LogP contribution in [0.4, 0.5) is 11.8 Å². The van der Waals surface area contributed by atoms with E-state index in [-0.39, 0.29) is 12.6 Å². The molecule has 0 aliphatic heterocycles. The average Bonchev–Trinajstić information content (AvgIpc) is 2.76. The zero-order chi connectivity index (χ0) is 21.2. The van der Waals surface area contributed by atoms with Crippen molar-refractivity contribution in [1.29, 1.82) is 0 Å². The molecule has 0 atom stereocenters. The van der Waals surface area contributed by atoms with Crippen molar-refractivity contribution in [2.24, 2.45) is 0 Å². The van der Waals surface area contributed by atoms with E-state index < -0.39 is 0 Å². The van der Waals surface area contributed by atoms with Gasteiger partial charge in [0.15, 0.2) is 11.5 Å². The lowest BCUT2D eigenvalue weighted by molar-refractivity contribution is 0.282. The normalized spacial score (nSPS) is 9.93. The van der Waals surface area contributed by atoms with E-state index in [9.17, 15) is 0 Å². The quantitative estimate of drug-likeness (QED) is 0.578. The van der Waals surface area contributed by atoms with E-state index >= 15 is 0 Å². The van der Waals surface area contributed by atoms with Crippen LogP contribution in [-0.4, -0.2) is 36.4 Å². The minimum Gasteiger partial charge on any atom is -0.493 e. The molecule has 0 unspecified atom stereocenters. The molecule has 0 radical (unpaired) electrons. The van der Waals surface area contributed by atoms with Crippen LogP contribution in [0.15, 0.2) is 48.7 Å².